The molecule has 0 aliphatic carbocycles. The summed E-state index contributed by atoms with van der Waals surface area (Å²) in [5, 5.41) is 0. The van der Waals surface area contributed by atoms with Crippen LogP contribution in [0, 0.1) is 0 Å². The molecule has 1 heterocycles. The highest BCUT2D eigenvalue weighted by Crippen LogP contribution is 2.14. The average Bonchev–Trinajstić information content (AvgIpc) is 2.56. The molecular weight excluding hydrogens is 262 g/mol. The minimum Gasteiger partial charge on any atom is -0.334 e. The number of rotatable bonds is 6. The Morgan fingerprint density at radius 2 is 1.95 bits per heavy atom. The molecule has 2 rings (SSSR count). The molecule has 2 aromatic rings. The Bertz CT molecular complexity index is 557. The van der Waals surface area contributed by atoms with Crippen LogP contribution >= 0.6 is 0 Å². The third-order valence-electron chi connectivity index (χ3n) is 3.61. The number of carbonyl (C=O) groups excluding carboxylic acids is 1. The lowest BCUT2D eigenvalue weighted by Gasteiger charge is -2.30. The lowest BCUT2D eigenvalue weighted by Crippen LogP contribution is -2.41. The number of hydrogen-bond acceptors (Lipinski definition) is 3. The van der Waals surface area contributed by atoms with Gasteiger partial charge in [-0.05, 0) is 25.3 Å². The van der Waals surface area contributed by atoms with Gasteiger partial charge < -0.3 is 4.90 Å². The Kier molecular flexibility index (Phi) is 5.43. The first-order chi connectivity index (χ1) is 10.3. The van der Waals surface area contributed by atoms with Crippen molar-refractivity contribution in [2.75, 3.05) is 6.54 Å². The standard InChI is InChI=1S/C17H21N3O/c1-3-15(12-14-8-6-5-7-9-14)20(4-2)17(21)16-13-18-10-11-19-16/h5-11,13,15H,3-4,12H2,1-2H3/t15-/m1/s1. The van der Waals surface area contributed by atoms with Crippen molar-refractivity contribution in [3.8, 4) is 0 Å². The van der Waals surface area contributed by atoms with Crippen LogP contribution in [0.2, 0.25) is 0 Å². The first-order valence-electron chi connectivity index (χ1n) is 7.37. The fourth-order valence-corrected chi connectivity index (χ4v) is 2.49. The molecule has 0 aliphatic heterocycles. The van der Waals surface area contributed by atoms with Crippen LogP contribution in [0.3, 0.4) is 0 Å². The van der Waals surface area contributed by atoms with Gasteiger partial charge in [0, 0.05) is 25.0 Å². The molecule has 0 radical (unpaired) electrons. The number of likely N-dealkylation sites (N-methyl/N-ethyl adjacent to an activating group) is 1. The highest BCUT2D eigenvalue weighted by Gasteiger charge is 2.23. The van der Waals surface area contributed by atoms with Crippen LogP contribution in [0.15, 0.2) is 48.9 Å². The molecule has 0 saturated carbocycles. The lowest BCUT2D eigenvalue weighted by molar-refractivity contribution is 0.0677. The summed E-state index contributed by atoms with van der Waals surface area (Å²) in [6.07, 6.45) is 6.43. The molecule has 0 spiro atoms. The van der Waals surface area contributed by atoms with Gasteiger partial charge in [0.05, 0.1) is 6.20 Å². The third kappa shape index (κ3) is 3.88. The molecule has 1 aromatic heterocycles. The van der Waals surface area contributed by atoms with Crippen molar-refractivity contribution in [1.82, 2.24) is 14.9 Å². The van der Waals surface area contributed by atoms with Crippen molar-refractivity contribution in [3.63, 3.8) is 0 Å². The molecule has 1 amide bonds. The van der Waals surface area contributed by atoms with Crippen molar-refractivity contribution < 1.29 is 4.79 Å². The third-order valence-corrected chi connectivity index (χ3v) is 3.61. The number of benzene rings is 1. The van der Waals surface area contributed by atoms with Crippen LogP contribution in [0.25, 0.3) is 0 Å². The van der Waals surface area contributed by atoms with E-state index in [0.29, 0.717) is 12.2 Å². The van der Waals surface area contributed by atoms with Crippen LogP contribution in [0.1, 0.15) is 36.3 Å². The monoisotopic (exact) mass is 283 g/mol. The zero-order chi connectivity index (χ0) is 15.1. The zero-order valence-electron chi connectivity index (χ0n) is 12.6. The van der Waals surface area contributed by atoms with Crippen LogP contribution in [-0.4, -0.2) is 33.4 Å². The SMILES string of the molecule is CC[C@H](Cc1ccccc1)N(CC)C(=O)c1cnccn1. The largest absolute Gasteiger partial charge is 0.334 e. The van der Waals surface area contributed by atoms with E-state index in [0.717, 1.165) is 12.8 Å². The van der Waals surface area contributed by atoms with Gasteiger partial charge in [0.25, 0.3) is 5.91 Å². The van der Waals surface area contributed by atoms with Crippen molar-refractivity contribution in [2.24, 2.45) is 0 Å². The maximum absolute atomic E-state index is 12.6. The fourth-order valence-electron chi connectivity index (χ4n) is 2.49. The Hall–Kier alpha value is -2.23. The smallest absolute Gasteiger partial charge is 0.274 e. The predicted octanol–water partition coefficient (Wildman–Crippen LogP) is 2.96. The van der Waals surface area contributed by atoms with Gasteiger partial charge in [-0.1, -0.05) is 37.3 Å². The highest BCUT2D eigenvalue weighted by molar-refractivity contribution is 5.92. The quantitative estimate of drug-likeness (QED) is 0.819. The highest BCUT2D eigenvalue weighted by atomic mass is 16.2. The van der Waals surface area contributed by atoms with Crippen LogP contribution in [-0.2, 0) is 6.42 Å². The molecule has 21 heavy (non-hydrogen) atoms. The van der Waals surface area contributed by atoms with Gasteiger partial charge in [0.15, 0.2) is 0 Å². The summed E-state index contributed by atoms with van der Waals surface area (Å²) in [6, 6.07) is 10.4. The van der Waals surface area contributed by atoms with Gasteiger partial charge >= 0.3 is 0 Å². The molecule has 0 N–H and O–H groups in total. The summed E-state index contributed by atoms with van der Waals surface area (Å²) in [4.78, 5) is 22.6. The van der Waals surface area contributed by atoms with E-state index in [9.17, 15) is 4.79 Å². The number of carbonyl (C=O) groups is 1. The summed E-state index contributed by atoms with van der Waals surface area (Å²) in [5.41, 5.74) is 1.65. The Balaban J connectivity index is 2.16. The summed E-state index contributed by atoms with van der Waals surface area (Å²) < 4.78 is 0. The number of nitrogens with zero attached hydrogens (tertiary/aromatic N) is 3. The lowest BCUT2D eigenvalue weighted by atomic mass is 10.0. The molecule has 0 saturated heterocycles. The van der Waals surface area contributed by atoms with Crippen molar-refractivity contribution >= 4 is 5.91 Å². The van der Waals surface area contributed by atoms with Gasteiger partial charge in [-0.25, -0.2) is 4.98 Å². The van der Waals surface area contributed by atoms with Gasteiger partial charge in [-0.3, -0.25) is 9.78 Å². The summed E-state index contributed by atoms with van der Waals surface area (Å²) in [5.74, 6) is -0.0478. The van der Waals surface area contributed by atoms with Crippen LogP contribution in [0.4, 0.5) is 0 Å². The second-order valence-electron chi connectivity index (χ2n) is 4.93. The fraction of sp³-hybridized carbons (Fsp3) is 0.353. The number of hydrogen-bond donors (Lipinski definition) is 0. The molecule has 0 bridgehead atoms. The number of aromatic nitrogens is 2. The van der Waals surface area contributed by atoms with E-state index in [4.69, 9.17) is 0 Å². The van der Waals surface area contributed by atoms with Gasteiger partial charge in [0.1, 0.15) is 5.69 Å². The second-order valence-corrected chi connectivity index (χ2v) is 4.93. The second kappa shape index (κ2) is 7.53. The molecule has 0 unspecified atom stereocenters. The summed E-state index contributed by atoms with van der Waals surface area (Å²) in [6.45, 7) is 4.78. The van der Waals surface area contributed by atoms with Crippen molar-refractivity contribution in [2.45, 2.75) is 32.7 Å². The molecule has 1 aromatic carbocycles. The van der Waals surface area contributed by atoms with Gasteiger partial charge in [-0.15, -0.1) is 0 Å². The molecule has 0 aliphatic rings. The Labute approximate surface area is 125 Å². The van der Waals surface area contributed by atoms with E-state index in [1.165, 1.54) is 11.8 Å². The molecule has 1 atom stereocenters. The van der Waals surface area contributed by atoms with E-state index >= 15 is 0 Å². The summed E-state index contributed by atoms with van der Waals surface area (Å²) >= 11 is 0. The molecular formula is C17H21N3O. The van der Waals surface area contributed by atoms with Crippen LogP contribution < -0.4 is 0 Å². The number of amides is 1. The van der Waals surface area contributed by atoms with E-state index in [1.807, 2.05) is 30.0 Å². The van der Waals surface area contributed by atoms with E-state index in [1.54, 1.807) is 12.4 Å². The summed E-state index contributed by atoms with van der Waals surface area (Å²) in [7, 11) is 0. The maximum atomic E-state index is 12.6. The molecule has 4 heteroatoms. The zero-order valence-corrected chi connectivity index (χ0v) is 12.6. The maximum Gasteiger partial charge on any atom is 0.274 e. The Morgan fingerprint density at radius 1 is 1.19 bits per heavy atom. The van der Waals surface area contributed by atoms with E-state index in [2.05, 4.69) is 29.0 Å². The van der Waals surface area contributed by atoms with Gasteiger partial charge in [0.2, 0.25) is 0 Å². The van der Waals surface area contributed by atoms with Crippen molar-refractivity contribution in [3.05, 3.63) is 60.2 Å². The molecule has 0 fully saturated rings. The normalized spacial score (nSPS) is 11.9. The minimum absolute atomic E-state index is 0.0478. The topological polar surface area (TPSA) is 46.1 Å². The molecule has 4 nitrogen and oxygen atoms in total. The Morgan fingerprint density at radius 3 is 2.52 bits per heavy atom. The van der Waals surface area contributed by atoms with Gasteiger partial charge in [-0.2, -0.15) is 0 Å². The van der Waals surface area contributed by atoms with E-state index in [-0.39, 0.29) is 11.9 Å². The van der Waals surface area contributed by atoms with Crippen molar-refractivity contribution in [1.29, 1.82) is 0 Å². The first-order valence-corrected chi connectivity index (χ1v) is 7.37. The van der Waals surface area contributed by atoms with Crippen LogP contribution in [0.5, 0.6) is 0 Å². The average molecular weight is 283 g/mol. The molecule has 110 valence electrons. The minimum atomic E-state index is -0.0478. The van der Waals surface area contributed by atoms with E-state index < -0.39 is 0 Å². The predicted molar refractivity (Wildman–Crippen MR) is 83.0 cm³/mol. The first kappa shape index (κ1) is 15.2.